The Labute approximate surface area is 297 Å². The van der Waals surface area contributed by atoms with Crippen LogP contribution in [-0.4, -0.2) is 60.7 Å². The van der Waals surface area contributed by atoms with Gasteiger partial charge in [0.2, 0.25) is 11.6 Å². The second-order valence-corrected chi connectivity index (χ2v) is 11.2. The molecule has 1 atom stereocenters. The lowest BCUT2D eigenvalue weighted by Crippen LogP contribution is -2.31. The molecular formula is C36H47N5O10. The van der Waals surface area contributed by atoms with Gasteiger partial charge in [-0.1, -0.05) is 21.8 Å². The molecule has 1 unspecified atom stereocenters. The van der Waals surface area contributed by atoms with Crippen molar-refractivity contribution in [3.63, 3.8) is 0 Å². The van der Waals surface area contributed by atoms with Crippen molar-refractivity contribution in [3.05, 3.63) is 66.5 Å². The first kappa shape index (κ1) is 42.3. The number of fused-ring (bicyclic) bond motifs is 4. The Morgan fingerprint density at radius 3 is 1.69 bits per heavy atom. The lowest BCUT2D eigenvalue weighted by Gasteiger charge is -2.23. The number of hydrogen-bond donors (Lipinski definition) is 0. The third kappa shape index (κ3) is 8.22. The standard InChI is InChI=1S/C17H20N2O5.C15H16N2O5.C2H3N.2CH4/c1-3-11(16(21)22-4-2)12-9-14-17(23-7-8-24-17)5-6-19(14)15(20)13(12)10-18;1-2-20-13(18)8-10-7-12-15(21-5-6-22-15)3-4-17(12)14(19)11(10)9-16;1-2-3;;/h9,11H,3-8H2,1-2H3;7H,2-6,8H2,1H3;1H3;2*1H4. The van der Waals surface area contributed by atoms with Crippen molar-refractivity contribution in [2.24, 2.45) is 0 Å². The number of carbonyl (C=O) groups is 2. The minimum atomic E-state index is -0.936. The summed E-state index contributed by atoms with van der Waals surface area (Å²) >= 11 is 0. The fraction of sp³-hybridized carbons (Fsp3) is 0.583. The lowest BCUT2D eigenvalue weighted by molar-refractivity contribution is -0.163. The minimum Gasteiger partial charge on any atom is -0.466 e. The molecule has 0 bridgehead atoms. The average Bonchev–Trinajstić information content (AvgIpc) is 3.89. The lowest BCUT2D eigenvalue weighted by atomic mass is 9.92. The maximum absolute atomic E-state index is 12.7. The van der Waals surface area contributed by atoms with Gasteiger partial charge in [0.1, 0.15) is 23.3 Å². The Kier molecular flexibility index (Phi) is 15.3. The smallest absolute Gasteiger partial charge is 0.313 e. The number of nitrogens with zero attached hydrogens (tertiary/aromatic N) is 5. The fourth-order valence-electron chi connectivity index (χ4n) is 6.48. The highest BCUT2D eigenvalue weighted by atomic mass is 16.7. The molecule has 0 saturated carbocycles. The number of aromatic nitrogens is 2. The van der Waals surface area contributed by atoms with Crippen LogP contribution in [0, 0.1) is 34.0 Å². The SMILES string of the molecule is C.C.CC#N.CCOC(=O)C(CC)c1cc2n(c(=O)c1C#N)CCC21OCCO1.CCOC(=O)Cc1cc2n(c(=O)c1C#N)CCC21OCCO1. The van der Waals surface area contributed by atoms with Gasteiger partial charge >= 0.3 is 11.9 Å². The predicted octanol–water partition coefficient (Wildman–Crippen LogP) is 3.61. The highest BCUT2D eigenvalue weighted by Crippen LogP contribution is 2.41. The van der Waals surface area contributed by atoms with Crippen LogP contribution in [0.2, 0.25) is 0 Å². The number of rotatable bonds is 7. The molecule has 2 aromatic rings. The van der Waals surface area contributed by atoms with Crippen LogP contribution in [0.25, 0.3) is 0 Å². The number of hydrogen-bond acceptors (Lipinski definition) is 13. The van der Waals surface area contributed by atoms with E-state index < -0.39 is 40.5 Å². The van der Waals surface area contributed by atoms with Crippen LogP contribution in [0.3, 0.4) is 0 Å². The van der Waals surface area contributed by atoms with Gasteiger partial charge in [-0.2, -0.15) is 15.8 Å². The van der Waals surface area contributed by atoms with E-state index in [4.69, 9.17) is 33.7 Å². The molecule has 51 heavy (non-hydrogen) atoms. The van der Waals surface area contributed by atoms with E-state index in [1.54, 1.807) is 32.0 Å². The Bertz CT molecular complexity index is 1820. The Morgan fingerprint density at radius 1 is 0.804 bits per heavy atom. The molecule has 6 heterocycles. The van der Waals surface area contributed by atoms with Crippen LogP contribution in [0.1, 0.15) is 101 Å². The summed E-state index contributed by atoms with van der Waals surface area (Å²) in [5.74, 6) is -3.41. The minimum absolute atomic E-state index is 0. The summed E-state index contributed by atoms with van der Waals surface area (Å²) in [5, 5.41) is 26.0. The number of carbonyl (C=O) groups excluding carboxylic acids is 2. The van der Waals surface area contributed by atoms with Gasteiger partial charge in [-0.15, -0.1) is 0 Å². The van der Waals surface area contributed by atoms with E-state index in [9.17, 15) is 29.7 Å². The van der Waals surface area contributed by atoms with E-state index in [1.165, 1.54) is 16.1 Å². The number of ether oxygens (including phenoxy) is 6. The van der Waals surface area contributed by atoms with Gasteiger partial charge in [0.25, 0.3) is 11.1 Å². The van der Waals surface area contributed by atoms with E-state index in [-0.39, 0.29) is 45.6 Å². The molecule has 276 valence electrons. The maximum atomic E-state index is 12.7. The van der Waals surface area contributed by atoms with Gasteiger partial charge in [0, 0.05) is 32.9 Å². The summed E-state index contributed by atoms with van der Waals surface area (Å²) in [6.07, 6.45) is 1.36. The van der Waals surface area contributed by atoms with Crippen molar-refractivity contribution in [1.29, 1.82) is 15.8 Å². The second-order valence-electron chi connectivity index (χ2n) is 11.2. The first-order valence-electron chi connectivity index (χ1n) is 16.1. The van der Waals surface area contributed by atoms with Crippen LogP contribution < -0.4 is 11.1 Å². The van der Waals surface area contributed by atoms with Crippen molar-refractivity contribution in [2.45, 2.75) is 98.8 Å². The Morgan fingerprint density at radius 2 is 1.25 bits per heavy atom. The predicted molar refractivity (Wildman–Crippen MR) is 182 cm³/mol. The van der Waals surface area contributed by atoms with Crippen molar-refractivity contribution in [2.75, 3.05) is 39.6 Å². The third-order valence-electron chi connectivity index (χ3n) is 8.55. The zero-order valence-electron chi connectivity index (χ0n) is 28.0. The van der Waals surface area contributed by atoms with Crippen LogP contribution in [0.5, 0.6) is 0 Å². The summed E-state index contributed by atoms with van der Waals surface area (Å²) in [7, 11) is 0. The van der Waals surface area contributed by atoms with Crippen molar-refractivity contribution >= 4 is 11.9 Å². The number of pyridine rings is 2. The zero-order chi connectivity index (χ0) is 35.8. The summed E-state index contributed by atoms with van der Waals surface area (Å²) in [4.78, 5) is 49.2. The molecule has 0 radical (unpaired) electrons. The van der Waals surface area contributed by atoms with Gasteiger partial charge < -0.3 is 37.6 Å². The highest BCUT2D eigenvalue weighted by Gasteiger charge is 2.47. The average molecular weight is 710 g/mol. The van der Waals surface area contributed by atoms with Crippen molar-refractivity contribution in [3.8, 4) is 18.2 Å². The molecule has 0 aromatic carbocycles. The third-order valence-corrected chi connectivity index (χ3v) is 8.55. The molecule has 2 spiro atoms. The highest BCUT2D eigenvalue weighted by molar-refractivity contribution is 5.79. The molecule has 0 N–H and O–H groups in total. The van der Waals surface area contributed by atoms with E-state index in [0.29, 0.717) is 81.3 Å². The summed E-state index contributed by atoms with van der Waals surface area (Å²) in [6, 6.07) is 8.98. The van der Waals surface area contributed by atoms with E-state index in [0.717, 1.165) is 0 Å². The molecule has 2 aromatic heterocycles. The zero-order valence-corrected chi connectivity index (χ0v) is 28.0. The molecular weight excluding hydrogens is 662 g/mol. The molecule has 15 nitrogen and oxygen atoms in total. The fourth-order valence-corrected chi connectivity index (χ4v) is 6.48. The summed E-state index contributed by atoms with van der Waals surface area (Å²) in [5.41, 5.74) is 1.09. The van der Waals surface area contributed by atoms with Gasteiger partial charge in [-0.05, 0) is 43.5 Å². The van der Waals surface area contributed by atoms with E-state index in [1.807, 2.05) is 19.1 Å². The summed E-state index contributed by atoms with van der Waals surface area (Å²) < 4.78 is 35.9. The monoisotopic (exact) mass is 709 g/mol. The van der Waals surface area contributed by atoms with Crippen LogP contribution in [0.4, 0.5) is 0 Å². The van der Waals surface area contributed by atoms with Crippen molar-refractivity contribution in [1.82, 2.24) is 9.13 Å². The second kappa shape index (κ2) is 18.4. The molecule has 6 rings (SSSR count). The number of esters is 2. The molecule has 4 aliphatic heterocycles. The Hall–Kier alpha value is -4.85. The first-order chi connectivity index (χ1) is 23.6. The molecule has 0 amide bonds. The van der Waals surface area contributed by atoms with E-state index >= 15 is 0 Å². The van der Waals surface area contributed by atoms with Gasteiger partial charge in [0.15, 0.2) is 0 Å². The van der Waals surface area contributed by atoms with Gasteiger partial charge in [-0.3, -0.25) is 19.2 Å². The van der Waals surface area contributed by atoms with Crippen LogP contribution in [0.15, 0.2) is 21.7 Å². The normalized spacial score (nSPS) is 17.0. The number of nitriles is 3. The molecule has 2 fully saturated rings. The van der Waals surface area contributed by atoms with Gasteiger partial charge in [0.05, 0.1) is 69.4 Å². The molecule has 0 aliphatic carbocycles. The molecule has 2 saturated heterocycles. The quantitative estimate of drug-likeness (QED) is 0.377. The summed E-state index contributed by atoms with van der Waals surface area (Å²) in [6.45, 7) is 9.88. The largest absolute Gasteiger partial charge is 0.466 e. The van der Waals surface area contributed by atoms with Crippen LogP contribution >= 0.6 is 0 Å². The van der Waals surface area contributed by atoms with Crippen molar-refractivity contribution < 1.29 is 38.0 Å². The molecule has 15 heteroatoms. The Balaban J connectivity index is 0.000000318. The van der Waals surface area contributed by atoms with Gasteiger partial charge in [-0.25, -0.2) is 0 Å². The van der Waals surface area contributed by atoms with Crippen LogP contribution in [-0.2, 0) is 69.1 Å². The topological polar surface area (TPSA) is 205 Å². The maximum Gasteiger partial charge on any atom is 0.313 e. The first-order valence-corrected chi connectivity index (χ1v) is 16.1. The van der Waals surface area contributed by atoms with E-state index in [2.05, 4.69) is 0 Å². The molecule has 4 aliphatic rings.